The van der Waals surface area contributed by atoms with E-state index in [4.69, 9.17) is 21.1 Å². The molecule has 0 bridgehead atoms. The monoisotopic (exact) mass is 529 g/mol. The van der Waals surface area contributed by atoms with E-state index >= 15 is 0 Å². The summed E-state index contributed by atoms with van der Waals surface area (Å²) in [7, 11) is 0. The minimum absolute atomic E-state index is 0.144. The van der Waals surface area contributed by atoms with Crippen LogP contribution < -0.4 is 4.90 Å². The maximum atomic E-state index is 13.9. The Hall–Kier alpha value is -4.14. The fourth-order valence-corrected chi connectivity index (χ4v) is 5.93. The van der Waals surface area contributed by atoms with Crippen LogP contribution in [0.4, 0.5) is 5.69 Å². The van der Waals surface area contributed by atoms with Crippen LogP contribution in [-0.4, -0.2) is 41.6 Å². The van der Waals surface area contributed by atoms with Gasteiger partial charge < -0.3 is 9.47 Å². The van der Waals surface area contributed by atoms with Crippen LogP contribution in [-0.2, 0) is 19.1 Å². The van der Waals surface area contributed by atoms with Gasteiger partial charge in [-0.2, -0.15) is 0 Å². The van der Waals surface area contributed by atoms with Crippen LogP contribution >= 0.6 is 11.6 Å². The van der Waals surface area contributed by atoms with Crippen molar-refractivity contribution in [3.05, 3.63) is 100 Å². The number of ether oxygens (including phenoxy) is 2. The molecule has 0 aromatic heterocycles. The number of hydrogen-bond donors (Lipinski definition) is 0. The minimum Gasteiger partial charge on any atom is -0.462 e. The van der Waals surface area contributed by atoms with E-state index in [1.165, 1.54) is 30.3 Å². The van der Waals surface area contributed by atoms with E-state index in [9.17, 15) is 24.0 Å². The van der Waals surface area contributed by atoms with Gasteiger partial charge in [-0.1, -0.05) is 60.1 Å². The molecule has 2 saturated heterocycles. The molecule has 3 aliphatic rings. The Morgan fingerprint density at radius 2 is 1.50 bits per heavy atom. The normalized spacial score (nSPS) is 23.2. The van der Waals surface area contributed by atoms with Gasteiger partial charge in [-0.05, 0) is 36.8 Å². The van der Waals surface area contributed by atoms with Crippen LogP contribution in [0, 0.1) is 11.8 Å². The van der Waals surface area contributed by atoms with E-state index in [0.29, 0.717) is 5.56 Å². The van der Waals surface area contributed by atoms with Gasteiger partial charge in [-0.15, -0.1) is 0 Å². The fourth-order valence-electron chi connectivity index (χ4n) is 5.71. The minimum atomic E-state index is -2.19. The first-order chi connectivity index (χ1) is 18.3. The molecule has 6 rings (SSSR count). The Morgan fingerprint density at radius 3 is 2.11 bits per heavy atom. The largest absolute Gasteiger partial charge is 0.462 e. The summed E-state index contributed by atoms with van der Waals surface area (Å²) >= 11 is 6.34. The molecule has 0 saturated carbocycles. The number of esters is 1. The molecule has 3 atom stereocenters. The third-order valence-electron chi connectivity index (χ3n) is 7.36. The van der Waals surface area contributed by atoms with E-state index < -0.39 is 52.9 Å². The molecule has 3 aromatic rings. The van der Waals surface area contributed by atoms with Gasteiger partial charge in [-0.3, -0.25) is 19.2 Å². The van der Waals surface area contributed by atoms with Crippen molar-refractivity contribution in [3.8, 4) is 0 Å². The first kappa shape index (κ1) is 24.2. The van der Waals surface area contributed by atoms with Crippen molar-refractivity contribution in [1.29, 1.82) is 0 Å². The highest BCUT2D eigenvalue weighted by Crippen LogP contribution is 2.58. The number of Topliss-reactive ketones (excluding diaryl/α,β-unsaturated/α-hetero) is 2. The Morgan fingerprint density at radius 1 is 0.895 bits per heavy atom. The van der Waals surface area contributed by atoms with Crippen LogP contribution in [0.2, 0.25) is 5.02 Å². The van der Waals surface area contributed by atoms with Gasteiger partial charge in [0, 0.05) is 11.1 Å². The lowest BCUT2D eigenvalue weighted by molar-refractivity contribution is -0.127. The van der Waals surface area contributed by atoms with Crippen LogP contribution in [0.5, 0.6) is 0 Å². The maximum absolute atomic E-state index is 13.9. The average Bonchev–Trinajstić information content (AvgIpc) is 3.49. The molecule has 190 valence electrons. The topological polar surface area (TPSA) is 107 Å². The lowest BCUT2D eigenvalue weighted by Crippen LogP contribution is -2.51. The summed E-state index contributed by atoms with van der Waals surface area (Å²) in [5.41, 5.74) is -1.02. The molecule has 1 aliphatic carbocycles. The van der Waals surface area contributed by atoms with E-state index in [1.807, 2.05) is 0 Å². The predicted octanol–water partition coefficient (Wildman–Crippen LogP) is 4.21. The van der Waals surface area contributed by atoms with Crippen LogP contribution in [0.15, 0.2) is 72.8 Å². The highest BCUT2D eigenvalue weighted by atomic mass is 35.5. The summed E-state index contributed by atoms with van der Waals surface area (Å²) < 4.78 is 11.3. The number of amides is 2. The molecule has 0 unspecified atom stereocenters. The van der Waals surface area contributed by atoms with Gasteiger partial charge in [-0.25, -0.2) is 9.69 Å². The van der Waals surface area contributed by atoms with Crippen molar-refractivity contribution in [3.63, 3.8) is 0 Å². The molecule has 0 radical (unpaired) electrons. The number of benzene rings is 3. The lowest BCUT2D eigenvalue weighted by atomic mass is 9.77. The molecular weight excluding hydrogens is 510 g/mol. The molecule has 0 N–H and O–H groups in total. The zero-order valence-corrected chi connectivity index (χ0v) is 20.8. The van der Waals surface area contributed by atoms with Crippen molar-refractivity contribution < 1.29 is 33.4 Å². The SMILES string of the molecule is CCOC(=O)c1ccc([C@@H]2OC3(C(=O)c4ccccc4C3=O)[C@@H]3C(=O)N(c4ccccc4Cl)C(=O)[C@H]32)cc1. The number of nitrogens with zero attached hydrogens (tertiary/aromatic N) is 1. The van der Waals surface area contributed by atoms with Gasteiger partial charge in [0.05, 0.1) is 40.8 Å². The Labute approximate surface area is 222 Å². The van der Waals surface area contributed by atoms with E-state index in [0.717, 1.165) is 4.90 Å². The quantitative estimate of drug-likeness (QED) is 0.283. The van der Waals surface area contributed by atoms with Gasteiger partial charge in [0.1, 0.15) is 0 Å². The number of fused-ring (bicyclic) bond motifs is 3. The molecule has 2 aliphatic heterocycles. The summed E-state index contributed by atoms with van der Waals surface area (Å²) in [6.07, 6.45) is -1.11. The van der Waals surface area contributed by atoms with Crippen molar-refractivity contribution in [1.82, 2.24) is 0 Å². The van der Waals surface area contributed by atoms with Gasteiger partial charge in [0.15, 0.2) is 0 Å². The second-order valence-corrected chi connectivity index (χ2v) is 9.69. The molecular formula is C29H20ClNO7. The molecule has 2 fully saturated rings. The number of rotatable bonds is 4. The highest BCUT2D eigenvalue weighted by molar-refractivity contribution is 6.39. The molecule has 2 heterocycles. The first-order valence-corrected chi connectivity index (χ1v) is 12.4. The van der Waals surface area contributed by atoms with E-state index in [-0.39, 0.29) is 34.0 Å². The Kier molecular flexibility index (Phi) is 5.55. The second kappa shape index (κ2) is 8.72. The number of imide groups is 1. The lowest BCUT2D eigenvalue weighted by Gasteiger charge is -2.27. The van der Waals surface area contributed by atoms with Gasteiger partial charge in [0.2, 0.25) is 29.0 Å². The van der Waals surface area contributed by atoms with E-state index in [2.05, 4.69) is 0 Å². The summed E-state index contributed by atoms with van der Waals surface area (Å²) in [5.74, 6) is -5.74. The summed E-state index contributed by atoms with van der Waals surface area (Å²) in [6, 6.07) is 18.8. The standard InChI is InChI=1S/C29H20ClNO7/c1-2-37-28(36)16-13-11-15(12-14-16)23-21-22(27(35)31(26(21)34)20-10-6-5-9-19(20)30)29(38-23)24(32)17-7-3-4-8-18(17)25(29)33/h3-14,21-23H,2H2,1H3/t21-,22+,23+/m1/s1. The second-order valence-electron chi connectivity index (χ2n) is 9.29. The average molecular weight is 530 g/mol. The van der Waals surface area contributed by atoms with Gasteiger partial charge in [0.25, 0.3) is 0 Å². The van der Waals surface area contributed by atoms with Crippen LogP contribution in [0.1, 0.15) is 49.7 Å². The van der Waals surface area contributed by atoms with E-state index in [1.54, 1.807) is 49.4 Å². The predicted molar refractivity (Wildman–Crippen MR) is 135 cm³/mol. The van der Waals surface area contributed by atoms with Crippen molar-refractivity contribution in [2.75, 3.05) is 11.5 Å². The number of carbonyl (C=O) groups is 5. The van der Waals surface area contributed by atoms with Crippen molar-refractivity contribution in [2.45, 2.75) is 18.6 Å². The number of para-hydroxylation sites is 1. The Balaban J connectivity index is 1.50. The zero-order valence-electron chi connectivity index (χ0n) is 20.1. The number of halogens is 1. The molecule has 9 heteroatoms. The summed E-state index contributed by atoms with van der Waals surface area (Å²) in [4.78, 5) is 68.6. The highest BCUT2D eigenvalue weighted by Gasteiger charge is 2.74. The molecule has 1 spiro atoms. The zero-order chi connectivity index (χ0) is 26.8. The third kappa shape index (κ3) is 3.17. The van der Waals surface area contributed by atoms with Crippen molar-refractivity contribution in [2.24, 2.45) is 11.8 Å². The fraction of sp³-hybridized carbons (Fsp3) is 0.207. The molecule has 2 amide bonds. The number of ketones is 2. The molecule has 38 heavy (non-hydrogen) atoms. The summed E-state index contributed by atoms with van der Waals surface area (Å²) in [6.45, 7) is 1.90. The first-order valence-electron chi connectivity index (χ1n) is 12.1. The Bertz CT molecular complexity index is 1510. The summed E-state index contributed by atoms with van der Waals surface area (Å²) in [5, 5.41) is 0.173. The van der Waals surface area contributed by atoms with Crippen molar-refractivity contribution >= 4 is 46.6 Å². The smallest absolute Gasteiger partial charge is 0.338 e. The molecule has 3 aromatic carbocycles. The van der Waals surface area contributed by atoms with Gasteiger partial charge >= 0.3 is 5.97 Å². The molecule has 8 nitrogen and oxygen atoms in total. The maximum Gasteiger partial charge on any atom is 0.338 e. The number of hydrogen-bond acceptors (Lipinski definition) is 7. The number of carbonyl (C=O) groups excluding carboxylic acids is 5. The van der Waals surface area contributed by atoms with Crippen LogP contribution in [0.25, 0.3) is 0 Å². The van der Waals surface area contributed by atoms with Crippen LogP contribution in [0.3, 0.4) is 0 Å². The third-order valence-corrected chi connectivity index (χ3v) is 7.68. The number of anilines is 1.